The molecule has 5 rings (SSSR count). The number of piperidine rings is 1. The Balaban J connectivity index is 1.37. The van der Waals surface area contributed by atoms with Gasteiger partial charge in [0.2, 0.25) is 0 Å². The lowest BCUT2D eigenvalue weighted by molar-refractivity contribution is -0.0757. The Labute approximate surface area is 185 Å². The third-order valence-corrected chi connectivity index (χ3v) is 7.30. The van der Waals surface area contributed by atoms with E-state index >= 15 is 0 Å². The second kappa shape index (κ2) is 8.01. The maximum atomic E-state index is 12.3. The lowest BCUT2D eigenvalue weighted by Crippen LogP contribution is -2.46. The van der Waals surface area contributed by atoms with E-state index in [0.29, 0.717) is 5.69 Å². The molecule has 0 aliphatic carbocycles. The van der Waals surface area contributed by atoms with Crippen molar-refractivity contribution in [3.63, 3.8) is 0 Å². The monoisotopic (exact) mass is 435 g/mol. The van der Waals surface area contributed by atoms with Gasteiger partial charge >= 0.3 is 0 Å². The highest BCUT2D eigenvalue weighted by Crippen LogP contribution is 2.46. The molecule has 2 aliphatic rings. The molecule has 8 heteroatoms. The second-order valence-corrected chi connectivity index (χ2v) is 9.34. The average molecular weight is 436 g/mol. The van der Waals surface area contributed by atoms with E-state index in [1.807, 2.05) is 29.7 Å². The highest BCUT2D eigenvalue weighted by atomic mass is 32.1. The number of hydrogen-bond acceptors (Lipinski definition) is 7. The van der Waals surface area contributed by atoms with Crippen LogP contribution in [0.25, 0.3) is 10.6 Å². The predicted octanol–water partition coefficient (Wildman–Crippen LogP) is 3.37. The van der Waals surface area contributed by atoms with Crippen molar-refractivity contribution in [3.05, 3.63) is 59.0 Å². The van der Waals surface area contributed by atoms with Crippen molar-refractivity contribution in [2.75, 3.05) is 38.7 Å². The first-order valence-corrected chi connectivity index (χ1v) is 11.3. The minimum atomic E-state index is -0.252. The van der Waals surface area contributed by atoms with Gasteiger partial charge in [-0.05, 0) is 36.6 Å². The number of carbonyl (C=O) groups is 1. The molecule has 3 aromatic rings. The number of pyridine rings is 1. The number of nitrogens with zero attached hydrogens (tertiary/aromatic N) is 5. The minimum Gasteiger partial charge on any atom is -0.370 e. The molecule has 160 valence electrons. The van der Waals surface area contributed by atoms with Crippen molar-refractivity contribution in [1.82, 2.24) is 19.9 Å². The lowest BCUT2D eigenvalue weighted by atomic mass is 9.82. The van der Waals surface area contributed by atoms with Crippen LogP contribution >= 0.6 is 11.3 Å². The first kappa shape index (κ1) is 20.1. The number of thiophene rings is 1. The Morgan fingerprint density at radius 1 is 1.23 bits per heavy atom. The summed E-state index contributed by atoms with van der Waals surface area (Å²) in [5.41, 5.74) is 2.46. The number of hydrogen-bond donors (Lipinski definition) is 0. The first-order chi connectivity index (χ1) is 15.1. The number of ether oxygens (including phenoxy) is 1. The van der Waals surface area contributed by atoms with Crippen molar-refractivity contribution in [2.24, 2.45) is 0 Å². The van der Waals surface area contributed by atoms with Crippen molar-refractivity contribution >= 4 is 23.1 Å². The molecule has 3 aromatic heterocycles. The molecular formula is C23H25N5O2S. The van der Waals surface area contributed by atoms with Gasteiger partial charge in [0.05, 0.1) is 29.0 Å². The SMILES string of the molecule is CN(C)C(=O)c1cccc(N2CCC3(CC2)OCCc2sc(-c4cnccn4)cc23)n1. The van der Waals surface area contributed by atoms with Crippen LogP contribution in [0.1, 0.15) is 33.8 Å². The van der Waals surface area contributed by atoms with E-state index in [1.165, 1.54) is 10.4 Å². The van der Waals surface area contributed by atoms with Crippen LogP contribution in [0.2, 0.25) is 0 Å². The smallest absolute Gasteiger partial charge is 0.272 e. The van der Waals surface area contributed by atoms with Crippen LogP contribution in [0.3, 0.4) is 0 Å². The van der Waals surface area contributed by atoms with Gasteiger partial charge in [-0.2, -0.15) is 0 Å². The molecule has 0 bridgehead atoms. The normalized spacial score (nSPS) is 17.4. The Morgan fingerprint density at radius 3 is 2.81 bits per heavy atom. The first-order valence-electron chi connectivity index (χ1n) is 10.5. The molecule has 5 heterocycles. The summed E-state index contributed by atoms with van der Waals surface area (Å²) in [5.74, 6) is 0.773. The highest BCUT2D eigenvalue weighted by Gasteiger charge is 2.42. The van der Waals surface area contributed by atoms with Crippen LogP contribution in [0, 0.1) is 0 Å². The Morgan fingerprint density at radius 2 is 2.06 bits per heavy atom. The molecule has 0 atom stereocenters. The largest absolute Gasteiger partial charge is 0.370 e. The van der Waals surface area contributed by atoms with Crippen LogP contribution < -0.4 is 4.90 Å². The molecule has 1 amide bonds. The van der Waals surface area contributed by atoms with Gasteiger partial charge in [0.1, 0.15) is 11.5 Å². The van der Waals surface area contributed by atoms with E-state index < -0.39 is 0 Å². The molecule has 1 saturated heterocycles. The van der Waals surface area contributed by atoms with Gasteiger partial charge in [-0.25, -0.2) is 4.98 Å². The van der Waals surface area contributed by atoms with Gasteiger partial charge in [-0.15, -0.1) is 11.3 Å². The summed E-state index contributed by atoms with van der Waals surface area (Å²) >= 11 is 1.81. The van der Waals surface area contributed by atoms with Crippen molar-refractivity contribution in [2.45, 2.75) is 24.9 Å². The van der Waals surface area contributed by atoms with Crippen molar-refractivity contribution < 1.29 is 9.53 Å². The number of carbonyl (C=O) groups excluding carboxylic acids is 1. The molecule has 0 radical (unpaired) electrons. The van der Waals surface area contributed by atoms with E-state index in [0.717, 1.165) is 55.3 Å². The fraction of sp³-hybridized carbons (Fsp3) is 0.391. The van der Waals surface area contributed by atoms with E-state index in [1.54, 1.807) is 37.5 Å². The summed E-state index contributed by atoms with van der Waals surface area (Å²) < 4.78 is 6.42. The number of aromatic nitrogens is 3. The average Bonchev–Trinajstić information content (AvgIpc) is 3.26. The Kier molecular flexibility index (Phi) is 5.19. The second-order valence-electron chi connectivity index (χ2n) is 8.20. The lowest BCUT2D eigenvalue weighted by Gasteiger charge is -2.44. The summed E-state index contributed by atoms with van der Waals surface area (Å²) in [6.45, 7) is 2.42. The zero-order valence-corrected chi connectivity index (χ0v) is 18.6. The molecule has 0 unspecified atom stereocenters. The molecule has 0 N–H and O–H groups in total. The summed E-state index contributed by atoms with van der Waals surface area (Å²) in [4.78, 5) is 32.0. The van der Waals surface area contributed by atoms with Crippen LogP contribution in [-0.4, -0.2) is 59.6 Å². The molecular weight excluding hydrogens is 410 g/mol. The van der Waals surface area contributed by atoms with Gasteiger partial charge in [-0.3, -0.25) is 14.8 Å². The van der Waals surface area contributed by atoms with Crippen LogP contribution in [-0.2, 0) is 16.8 Å². The van der Waals surface area contributed by atoms with Gasteiger partial charge < -0.3 is 14.5 Å². The number of anilines is 1. The minimum absolute atomic E-state index is 0.0783. The van der Waals surface area contributed by atoms with Crippen molar-refractivity contribution in [3.8, 4) is 10.6 Å². The standard InChI is InChI=1S/C23H25N5O2S/c1-27(2)22(29)17-4-3-5-21(26-17)28-11-7-23(8-12-28)16-14-20(18-15-24-9-10-25-18)31-19(16)6-13-30-23/h3-5,9-10,14-15H,6-8,11-13H2,1-2H3. The van der Waals surface area contributed by atoms with Gasteiger partial charge in [-0.1, -0.05) is 6.07 Å². The third kappa shape index (κ3) is 3.70. The van der Waals surface area contributed by atoms with Crippen molar-refractivity contribution in [1.29, 1.82) is 0 Å². The topological polar surface area (TPSA) is 71.5 Å². The van der Waals surface area contributed by atoms with E-state index in [4.69, 9.17) is 4.74 Å². The Hall–Kier alpha value is -2.84. The maximum absolute atomic E-state index is 12.3. The van der Waals surface area contributed by atoms with Gasteiger partial charge in [0.15, 0.2) is 0 Å². The number of rotatable bonds is 3. The third-order valence-electron chi connectivity index (χ3n) is 6.08. The molecule has 31 heavy (non-hydrogen) atoms. The fourth-order valence-electron chi connectivity index (χ4n) is 4.43. The molecule has 1 fully saturated rings. The fourth-order valence-corrected chi connectivity index (χ4v) is 5.62. The molecule has 2 aliphatic heterocycles. The van der Waals surface area contributed by atoms with Crippen LogP contribution in [0.5, 0.6) is 0 Å². The summed E-state index contributed by atoms with van der Waals surface area (Å²) in [6.07, 6.45) is 7.99. The number of amides is 1. The Bertz CT molecular complexity index is 1090. The summed E-state index contributed by atoms with van der Waals surface area (Å²) in [7, 11) is 3.49. The van der Waals surface area contributed by atoms with Gasteiger partial charge in [0.25, 0.3) is 5.91 Å². The highest BCUT2D eigenvalue weighted by molar-refractivity contribution is 7.15. The zero-order valence-electron chi connectivity index (χ0n) is 17.7. The zero-order chi connectivity index (χ0) is 21.4. The maximum Gasteiger partial charge on any atom is 0.272 e. The molecule has 0 saturated carbocycles. The quantitative estimate of drug-likeness (QED) is 0.628. The molecule has 0 aromatic carbocycles. The van der Waals surface area contributed by atoms with E-state index in [2.05, 4.69) is 25.9 Å². The van der Waals surface area contributed by atoms with E-state index in [-0.39, 0.29) is 11.5 Å². The predicted molar refractivity (Wildman–Crippen MR) is 120 cm³/mol. The summed E-state index contributed by atoms with van der Waals surface area (Å²) in [6, 6.07) is 7.92. The van der Waals surface area contributed by atoms with E-state index in [9.17, 15) is 4.79 Å². The molecule has 1 spiro atoms. The van der Waals surface area contributed by atoms with Crippen LogP contribution in [0.4, 0.5) is 5.82 Å². The van der Waals surface area contributed by atoms with Gasteiger partial charge in [0, 0.05) is 50.9 Å². The molecule has 7 nitrogen and oxygen atoms in total. The number of fused-ring (bicyclic) bond motifs is 2. The van der Waals surface area contributed by atoms with Crippen LogP contribution in [0.15, 0.2) is 42.9 Å². The summed E-state index contributed by atoms with van der Waals surface area (Å²) in [5, 5.41) is 0.